The highest BCUT2D eigenvalue weighted by Gasteiger charge is 2.13. The summed E-state index contributed by atoms with van der Waals surface area (Å²) < 4.78 is 0. The molecule has 4 heteroatoms. The molecule has 2 N–H and O–H groups in total. The number of nitrogens with two attached hydrogens (primary N) is 1. The van der Waals surface area contributed by atoms with E-state index in [4.69, 9.17) is 5.73 Å². The summed E-state index contributed by atoms with van der Waals surface area (Å²) in [7, 11) is 0. The summed E-state index contributed by atoms with van der Waals surface area (Å²) >= 11 is 0. The van der Waals surface area contributed by atoms with Crippen molar-refractivity contribution in [3.05, 3.63) is 58.1 Å². The normalized spacial score (nSPS) is 10.2. The van der Waals surface area contributed by atoms with Crippen LogP contribution in [-0.2, 0) is 0 Å². The smallest absolute Gasteiger partial charge is 0.292 e. The SMILES string of the molecule is Cc1ccccc1-c1ccc(N)c([N+](=O)[O-])c1. The van der Waals surface area contributed by atoms with E-state index in [9.17, 15) is 10.1 Å². The van der Waals surface area contributed by atoms with Crippen molar-refractivity contribution >= 4 is 11.4 Å². The molecular formula is C13H12N2O2. The molecule has 4 nitrogen and oxygen atoms in total. The Balaban J connectivity index is 2.58. The van der Waals surface area contributed by atoms with Crippen molar-refractivity contribution < 1.29 is 4.92 Å². The fourth-order valence-corrected chi connectivity index (χ4v) is 1.77. The van der Waals surface area contributed by atoms with Crippen molar-refractivity contribution in [1.82, 2.24) is 0 Å². The second-order valence-corrected chi connectivity index (χ2v) is 3.85. The Kier molecular flexibility index (Phi) is 2.78. The first-order valence-corrected chi connectivity index (χ1v) is 5.19. The lowest BCUT2D eigenvalue weighted by molar-refractivity contribution is -0.383. The van der Waals surface area contributed by atoms with Gasteiger partial charge in [-0.05, 0) is 29.7 Å². The molecular weight excluding hydrogens is 216 g/mol. The van der Waals surface area contributed by atoms with E-state index in [1.807, 2.05) is 31.2 Å². The van der Waals surface area contributed by atoms with Crippen LogP contribution in [-0.4, -0.2) is 4.92 Å². The number of nitro benzene ring substituents is 1. The van der Waals surface area contributed by atoms with Gasteiger partial charge in [-0.3, -0.25) is 10.1 Å². The molecule has 0 heterocycles. The van der Waals surface area contributed by atoms with Crippen LogP contribution in [0.15, 0.2) is 42.5 Å². The maximum absolute atomic E-state index is 10.8. The molecule has 0 bridgehead atoms. The zero-order chi connectivity index (χ0) is 12.4. The third kappa shape index (κ3) is 2.10. The molecule has 0 fully saturated rings. The van der Waals surface area contributed by atoms with Crippen LogP contribution in [0.4, 0.5) is 11.4 Å². The largest absolute Gasteiger partial charge is 0.393 e. The molecule has 0 unspecified atom stereocenters. The minimum Gasteiger partial charge on any atom is -0.393 e. The maximum atomic E-state index is 10.8. The number of rotatable bonds is 2. The van der Waals surface area contributed by atoms with Crippen molar-refractivity contribution in [3.63, 3.8) is 0 Å². The summed E-state index contributed by atoms with van der Waals surface area (Å²) in [5.41, 5.74) is 8.57. The summed E-state index contributed by atoms with van der Waals surface area (Å²) in [6.45, 7) is 1.97. The first kappa shape index (κ1) is 11.1. The van der Waals surface area contributed by atoms with Gasteiger partial charge in [-0.25, -0.2) is 0 Å². The lowest BCUT2D eigenvalue weighted by Crippen LogP contribution is -1.96. The first-order valence-electron chi connectivity index (χ1n) is 5.19. The Morgan fingerprint density at radius 3 is 2.53 bits per heavy atom. The molecule has 17 heavy (non-hydrogen) atoms. The zero-order valence-corrected chi connectivity index (χ0v) is 9.38. The van der Waals surface area contributed by atoms with Gasteiger partial charge in [-0.2, -0.15) is 0 Å². The second kappa shape index (κ2) is 4.25. The van der Waals surface area contributed by atoms with Gasteiger partial charge in [-0.15, -0.1) is 0 Å². The summed E-state index contributed by atoms with van der Waals surface area (Å²) in [5, 5.41) is 10.8. The Labute approximate surface area is 98.8 Å². The van der Waals surface area contributed by atoms with Crippen LogP contribution in [0, 0.1) is 17.0 Å². The molecule has 0 atom stereocenters. The van der Waals surface area contributed by atoms with E-state index >= 15 is 0 Å². The molecule has 0 saturated carbocycles. The standard InChI is InChI=1S/C13H12N2O2/c1-9-4-2-3-5-11(9)10-6-7-12(14)13(8-10)15(16)17/h2-8H,14H2,1H3. The van der Waals surface area contributed by atoms with Crippen LogP contribution in [0.2, 0.25) is 0 Å². The number of aryl methyl sites for hydroxylation is 1. The topological polar surface area (TPSA) is 69.2 Å². The predicted molar refractivity (Wildman–Crippen MR) is 67.7 cm³/mol. The van der Waals surface area contributed by atoms with Crippen LogP contribution in [0.25, 0.3) is 11.1 Å². The summed E-state index contributed by atoms with van der Waals surface area (Å²) in [6, 6.07) is 12.6. The minimum absolute atomic E-state index is 0.0502. The Hall–Kier alpha value is -2.36. The monoisotopic (exact) mass is 228 g/mol. The Morgan fingerprint density at radius 2 is 1.88 bits per heavy atom. The lowest BCUT2D eigenvalue weighted by Gasteiger charge is -2.06. The summed E-state index contributed by atoms with van der Waals surface area (Å²) in [4.78, 5) is 10.4. The van der Waals surface area contributed by atoms with Gasteiger partial charge in [0.05, 0.1) is 4.92 Å². The predicted octanol–water partition coefficient (Wildman–Crippen LogP) is 3.15. The van der Waals surface area contributed by atoms with E-state index in [2.05, 4.69) is 0 Å². The lowest BCUT2D eigenvalue weighted by atomic mass is 10.00. The van der Waals surface area contributed by atoms with Crippen molar-refractivity contribution in [2.45, 2.75) is 6.92 Å². The van der Waals surface area contributed by atoms with Crippen LogP contribution < -0.4 is 5.73 Å². The third-order valence-corrected chi connectivity index (χ3v) is 2.68. The average Bonchev–Trinajstić information content (AvgIpc) is 2.30. The van der Waals surface area contributed by atoms with Crippen molar-refractivity contribution in [2.24, 2.45) is 0 Å². The molecule has 0 saturated heterocycles. The minimum atomic E-state index is -0.461. The molecule has 0 aliphatic rings. The summed E-state index contributed by atoms with van der Waals surface area (Å²) in [6.07, 6.45) is 0. The van der Waals surface area contributed by atoms with E-state index in [0.717, 1.165) is 16.7 Å². The molecule has 2 rings (SSSR count). The van der Waals surface area contributed by atoms with Gasteiger partial charge >= 0.3 is 0 Å². The number of hydrogen-bond donors (Lipinski definition) is 1. The van der Waals surface area contributed by atoms with Crippen LogP contribution >= 0.6 is 0 Å². The molecule has 0 radical (unpaired) electrons. The van der Waals surface area contributed by atoms with Gasteiger partial charge in [0.1, 0.15) is 5.69 Å². The quantitative estimate of drug-likeness (QED) is 0.487. The molecule has 0 amide bonds. The average molecular weight is 228 g/mol. The van der Waals surface area contributed by atoms with Gasteiger partial charge in [0.2, 0.25) is 0 Å². The van der Waals surface area contributed by atoms with E-state index < -0.39 is 4.92 Å². The number of nitro groups is 1. The maximum Gasteiger partial charge on any atom is 0.292 e. The Bertz CT molecular complexity index is 579. The van der Waals surface area contributed by atoms with Crippen molar-refractivity contribution in [1.29, 1.82) is 0 Å². The number of benzene rings is 2. The van der Waals surface area contributed by atoms with E-state index in [-0.39, 0.29) is 11.4 Å². The number of anilines is 1. The summed E-state index contributed by atoms with van der Waals surface area (Å²) in [5.74, 6) is 0. The highest BCUT2D eigenvalue weighted by atomic mass is 16.6. The second-order valence-electron chi connectivity index (χ2n) is 3.85. The van der Waals surface area contributed by atoms with Gasteiger partial charge in [-0.1, -0.05) is 30.3 Å². The fraction of sp³-hybridized carbons (Fsp3) is 0.0769. The van der Waals surface area contributed by atoms with Crippen LogP contribution in [0.3, 0.4) is 0 Å². The fourth-order valence-electron chi connectivity index (χ4n) is 1.77. The van der Waals surface area contributed by atoms with Crippen molar-refractivity contribution in [2.75, 3.05) is 5.73 Å². The highest BCUT2D eigenvalue weighted by molar-refractivity contribution is 5.74. The van der Waals surface area contributed by atoms with E-state index in [1.165, 1.54) is 6.07 Å². The molecule has 86 valence electrons. The van der Waals surface area contributed by atoms with Crippen LogP contribution in [0.5, 0.6) is 0 Å². The van der Waals surface area contributed by atoms with Gasteiger partial charge < -0.3 is 5.73 Å². The number of nitrogen functional groups attached to an aromatic ring is 1. The molecule has 0 aliphatic carbocycles. The third-order valence-electron chi connectivity index (χ3n) is 2.68. The first-order chi connectivity index (χ1) is 8.09. The Morgan fingerprint density at radius 1 is 1.18 bits per heavy atom. The van der Waals surface area contributed by atoms with Gasteiger partial charge in [0, 0.05) is 6.07 Å². The van der Waals surface area contributed by atoms with E-state index in [0.29, 0.717) is 0 Å². The van der Waals surface area contributed by atoms with Gasteiger partial charge in [0.25, 0.3) is 5.69 Å². The number of hydrogen-bond acceptors (Lipinski definition) is 3. The molecule has 0 aliphatic heterocycles. The van der Waals surface area contributed by atoms with Crippen LogP contribution in [0.1, 0.15) is 5.56 Å². The van der Waals surface area contributed by atoms with Crippen molar-refractivity contribution in [3.8, 4) is 11.1 Å². The van der Waals surface area contributed by atoms with E-state index in [1.54, 1.807) is 12.1 Å². The molecule has 0 spiro atoms. The molecule has 0 aromatic heterocycles. The number of nitrogens with zero attached hydrogens (tertiary/aromatic N) is 1. The molecule has 2 aromatic rings. The van der Waals surface area contributed by atoms with Gasteiger partial charge in [0.15, 0.2) is 0 Å². The molecule has 2 aromatic carbocycles. The zero-order valence-electron chi connectivity index (χ0n) is 9.38. The highest BCUT2D eigenvalue weighted by Crippen LogP contribution is 2.30.